The number of aromatic amines is 1. The van der Waals surface area contributed by atoms with Crippen molar-refractivity contribution >= 4 is 11.6 Å². The van der Waals surface area contributed by atoms with E-state index in [-0.39, 0.29) is 11.7 Å². The van der Waals surface area contributed by atoms with Crippen molar-refractivity contribution < 1.29 is 9.90 Å². The minimum Gasteiger partial charge on any atom is -0.508 e. The van der Waals surface area contributed by atoms with Gasteiger partial charge in [-0.1, -0.05) is 0 Å². The lowest BCUT2D eigenvalue weighted by atomic mass is 10.1. The Labute approximate surface area is 110 Å². The van der Waals surface area contributed by atoms with Gasteiger partial charge >= 0.3 is 0 Å². The predicted molar refractivity (Wildman–Crippen MR) is 71.4 cm³/mol. The van der Waals surface area contributed by atoms with E-state index in [2.05, 4.69) is 15.5 Å². The zero-order chi connectivity index (χ0) is 13.4. The van der Waals surface area contributed by atoms with Crippen LogP contribution in [0.2, 0.25) is 0 Å². The maximum Gasteiger partial charge on any atom is 0.276 e. The van der Waals surface area contributed by atoms with E-state index in [9.17, 15) is 9.90 Å². The first-order chi connectivity index (χ1) is 9.15. The molecule has 0 aliphatic heterocycles. The molecule has 0 spiro atoms. The van der Waals surface area contributed by atoms with E-state index in [1.807, 2.05) is 6.92 Å². The first-order valence-electron chi connectivity index (χ1n) is 6.32. The van der Waals surface area contributed by atoms with Gasteiger partial charge < -0.3 is 10.4 Å². The third-order valence-corrected chi connectivity index (χ3v) is 3.48. The molecular formula is C14H15N3O2. The van der Waals surface area contributed by atoms with Crippen molar-refractivity contribution in [3.05, 3.63) is 40.7 Å². The zero-order valence-corrected chi connectivity index (χ0v) is 10.7. The number of hydrogen-bond acceptors (Lipinski definition) is 3. The Bertz CT molecular complexity index is 646. The number of H-pyrrole nitrogens is 1. The molecule has 1 aromatic carbocycles. The van der Waals surface area contributed by atoms with Crippen LogP contribution in [0.1, 0.15) is 33.7 Å². The molecule has 3 rings (SSSR count). The van der Waals surface area contributed by atoms with Crippen LogP contribution in [-0.2, 0) is 12.8 Å². The van der Waals surface area contributed by atoms with Gasteiger partial charge in [0.25, 0.3) is 5.91 Å². The Balaban J connectivity index is 1.85. The molecule has 1 aliphatic rings. The average Bonchev–Trinajstić information content (AvgIpc) is 2.94. The number of nitrogens with zero attached hydrogens (tertiary/aromatic N) is 1. The maximum atomic E-state index is 12.2. The van der Waals surface area contributed by atoms with Gasteiger partial charge in [0.05, 0.1) is 0 Å². The summed E-state index contributed by atoms with van der Waals surface area (Å²) in [6, 6.07) is 4.86. The van der Waals surface area contributed by atoms with Crippen LogP contribution in [0.25, 0.3) is 0 Å². The molecule has 0 radical (unpaired) electrons. The van der Waals surface area contributed by atoms with Crippen LogP contribution in [0.5, 0.6) is 5.75 Å². The molecule has 1 aromatic heterocycles. The second-order valence-corrected chi connectivity index (χ2v) is 4.84. The summed E-state index contributed by atoms with van der Waals surface area (Å²) in [5.41, 5.74) is 4.11. The molecule has 0 bridgehead atoms. The lowest BCUT2D eigenvalue weighted by Crippen LogP contribution is -2.15. The number of fused-ring (bicyclic) bond motifs is 1. The Morgan fingerprint density at radius 3 is 3.05 bits per heavy atom. The highest BCUT2D eigenvalue weighted by atomic mass is 16.3. The van der Waals surface area contributed by atoms with Crippen molar-refractivity contribution in [2.75, 3.05) is 5.32 Å². The number of rotatable bonds is 2. The number of carbonyl (C=O) groups is 1. The van der Waals surface area contributed by atoms with Crippen LogP contribution in [0.3, 0.4) is 0 Å². The predicted octanol–water partition coefficient (Wildman–Crippen LogP) is 2.16. The van der Waals surface area contributed by atoms with Gasteiger partial charge in [-0.2, -0.15) is 5.10 Å². The van der Waals surface area contributed by atoms with E-state index in [0.717, 1.165) is 36.1 Å². The van der Waals surface area contributed by atoms with Crippen molar-refractivity contribution in [1.29, 1.82) is 0 Å². The number of nitrogens with one attached hydrogen (secondary N) is 2. The Kier molecular flexibility index (Phi) is 2.74. The van der Waals surface area contributed by atoms with Crippen molar-refractivity contribution in [2.45, 2.75) is 26.2 Å². The highest BCUT2D eigenvalue weighted by molar-refractivity contribution is 6.04. The summed E-state index contributed by atoms with van der Waals surface area (Å²) >= 11 is 0. The van der Waals surface area contributed by atoms with Crippen LogP contribution >= 0.6 is 0 Å². The van der Waals surface area contributed by atoms with Gasteiger partial charge in [0.15, 0.2) is 5.69 Å². The molecule has 0 fully saturated rings. The van der Waals surface area contributed by atoms with Gasteiger partial charge in [-0.3, -0.25) is 9.89 Å². The number of phenols is 1. The van der Waals surface area contributed by atoms with Crippen molar-refractivity contribution in [2.24, 2.45) is 0 Å². The SMILES string of the molecule is Cc1cc(O)ccc1NC(=O)c1n[nH]c2c1CCC2. The number of hydrogen-bond donors (Lipinski definition) is 3. The third-order valence-electron chi connectivity index (χ3n) is 3.48. The number of benzene rings is 1. The zero-order valence-electron chi connectivity index (χ0n) is 10.7. The molecule has 0 saturated carbocycles. The Morgan fingerprint density at radius 2 is 2.26 bits per heavy atom. The lowest BCUT2D eigenvalue weighted by molar-refractivity contribution is 0.102. The molecule has 1 heterocycles. The molecule has 98 valence electrons. The smallest absolute Gasteiger partial charge is 0.276 e. The van der Waals surface area contributed by atoms with Gasteiger partial charge in [-0.15, -0.1) is 0 Å². The molecule has 19 heavy (non-hydrogen) atoms. The van der Waals surface area contributed by atoms with Crippen LogP contribution in [-0.4, -0.2) is 21.2 Å². The Hall–Kier alpha value is -2.30. The number of aromatic hydroxyl groups is 1. The molecule has 2 aromatic rings. The average molecular weight is 257 g/mol. The quantitative estimate of drug-likeness (QED) is 0.721. The summed E-state index contributed by atoms with van der Waals surface area (Å²) in [7, 11) is 0. The normalized spacial score (nSPS) is 13.3. The summed E-state index contributed by atoms with van der Waals surface area (Å²) in [5, 5.41) is 19.2. The van der Waals surface area contributed by atoms with Gasteiger partial charge in [0, 0.05) is 16.9 Å². The lowest BCUT2D eigenvalue weighted by Gasteiger charge is -2.08. The van der Waals surface area contributed by atoms with E-state index >= 15 is 0 Å². The van der Waals surface area contributed by atoms with Crippen molar-refractivity contribution in [3.63, 3.8) is 0 Å². The largest absolute Gasteiger partial charge is 0.508 e. The fourth-order valence-electron chi connectivity index (χ4n) is 2.48. The maximum absolute atomic E-state index is 12.2. The fourth-order valence-corrected chi connectivity index (χ4v) is 2.48. The summed E-state index contributed by atoms with van der Waals surface area (Å²) in [6.45, 7) is 1.84. The second kappa shape index (κ2) is 4.42. The molecule has 1 amide bonds. The number of anilines is 1. The summed E-state index contributed by atoms with van der Waals surface area (Å²) in [4.78, 5) is 12.2. The third kappa shape index (κ3) is 2.07. The topological polar surface area (TPSA) is 78.0 Å². The Morgan fingerprint density at radius 1 is 1.42 bits per heavy atom. The molecular weight excluding hydrogens is 242 g/mol. The first-order valence-corrected chi connectivity index (χ1v) is 6.32. The summed E-state index contributed by atoms with van der Waals surface area (Å²) in [6.07, 6.45) is 2.94. The number of carbonyl (C=O) groups excluding carboxylic acids is 1. The summed E-state index contributed by atoms with van der Waals surface area (Å²) < 4.78 is 0. The van der Waals surface area contributed by atoms with Crippen molar-refractivity contribution in [3.8, 4) is 5.75 Å². The minimum absolute atomic E-state index is 0.191. The van der Waals surface area contributed by atoms with Crippen molar-refractivity contribution in [1.82, 2.24) is 10.2 Å². The fraction of sp³-hybridized carbons (Fsp3) is 0.286. The molecule has 5 nitrogen and oxygen atoms in total. The van der Waals surface area contributed by atoms with Gasteiger partial charge in [0.2, 0.25) is 0 Å². The molecule has 3 N–H and O–H groups in total. The van der Waals surface area contributed by atoms with Crippen LogP contribution < -0.4 is 5.32 Å². The van der Waals surface area contributed by atoms with E-state index in [1.165, 1.54) is 0 Å². The van der Waals surface area contributed by atoms with Gasteiger partial charge in [0.1, 0.15) is 5.75 Å². The summed E-state index contributed by atoms with van der Waals surface area (Å²) in [5.74, 6) is -0.00986. The van der Waals surface area contributed by atoms with Crippen LogP contribution in [0, 0.1) is 6.92 Å². The molecule has 0 saturated heterocycles. The second-order valence-electron chi connectivity index (χ2n) is 4.84. The van der Waals surface area contributed by atoms with Crippen LogP contribution in [0.15, 0.2) is 18.2 Å². The first kappa shape index (κ1) is 11.8. The van der Waals surface area contributed by atoms with Gasteiger partial charge in [-0.25, -0.2) is 0 Å². The number of phenolic OH excluding ortho intramolecular Hbond substituents is 1. The number of aryl methyl sites for hydroxylation is 2. The van der Waals surface area contributed by atoms with Crippen LogP contribution in [0.4, 0.5) is 5.69 Å². The minimum atomic E-state index is -0.201. The highest BCUT2D eigenvalue weighted by Crippen LogP contribution is 2.25. The van der Waals surface area contributed by atoms with Gasteiger partial charge in [-0.05, 0) is 49.9 Å². The number of amides is 1. The van der Waals surface area contributed by atoms with E-state index in [4.69, 9.17) is 0 Å². The standard InChI is InChI=1S/C14H15N3O2/c1-8-7-9(18)5-6-11(8)15-14(19)13-10-3-2-4-12(10)16-17-13/h5-7,18H,2-4H2,1H3,(H,15,19)(H,16,17). The molecule has 1 aliphatic carbocycles. The molecule has 5 heteroatoms. The highest BCUT2D eigenvalue weighted by Gasteiger charge is 2.23. The number of aromatic nitrogens is 2. The van der Waals surface area contributed by atoms with E-state index < -0.39 is 0 Å². The molecule has 0 unspecified atom stereocenters. The van der Waals surface area contributed by atoms with E-state index in [1.54, 1.807) is 18.2 Å². The monoisotopic (exact) mass is 257 g/mol. The molecule has 0 atom stereocenters. The van der Waals surface area contributed by atoms with E-state index in [0.29, 0.717) is 11.4 Å².